The van der Waals surface area contributed by atoms with E-state index in [1.54, 1.807) is 35.4 Å². The van der Waals surface area contributed by atoms with E-state index in [2.05, 4.69) is 54.7 Å². The summed E-state index contributed by atoms with van der Waals surface area (Å²) < 4.78 is 62.9. The first kappa shape index (κ1) is 34.4. The van der Waals surface area contributed by atoms with Crippen molar-refractivity contribution < 1.29 is 31.6 Å². The lowest BCUT2D eigenvalue weighted by Gasteiger charge is -2.40. The minimum Gasteiger partial charge on any atom is -0.431 e. The molecule has 0 radical (unpaired) electrons. The van der Waals surface area contributed by atoms with Crippen molar-refractivity contribution in [3.05, 3.63) is 100 Å². The molecule has 0 fully saturated rings. The number of ether oxygens (including phenoxy) is 2. The van der Waals surface area contributed by atoms with Crippen LogP contribution in [0.2, 0.25) is 0 Å². The highest BCUT2D eigenvalue weighted by Crippen LogP contribution is 2.48. The quantitative estimate of drug-likeness (QED) is 0.0883. The van der Waals surface area contributed by atoms with E-state index in [0.29, 0.717) is 12.0 Å². The molecule has 232 valence electrons. The van der Waals surface area contributed by atoms with Gasteiger partial charge in [0, 0.05) is 39.3 Å². The average Bonchev–Trinajstić information content (AvgIpc) is 3.51. The van der Waals surface area contributed by atoms with E-state index in [4.69, 9.17) is 4.98 Å². The molecule has 1 atom stereocenters. The van der Waals surface area contributed by atoms with E-state index in [9.17, 15) is 17.6 Å². The number of nitrogens with zero attached hydrogens (tertiary/aromatic N) is 2. The molecule has 4 rings (SSSR count). The lowest BCUT2D eigenvalue weighted by atomic mass is 9.79. The van der Waals surface area contributed by atoms with Crippen LogP contribution in [-0.4, -0.2) is 23.0 Å². The summed E-state index contributed by atoms with van der Waals surface area (Å²) in [5.74, 6) is -1.21. The van der Waals surface area contributed by atoms with E-state index in [1.165, 1.54) is 17.0 Å². The third kappa shape index (κ3) is 8.95. The van der Waals surface area contributed by atoms with Gasteiger partial charge in [0.05, 0.1) is 5.03 Å². The Balaban J connectivity index is 0.00000248. The molecule has 0 aliphatic heterocycles. The standard InChI is InChI=1S/C31H33F4N2O2S2.C2H6/c1-30(2,26-7-6-16-40-26)31(3,4)41-27-11-9-22(19-36-27)23(17-20-12-14-37(5)15-13-20)21-8-10-24(38-28(32)33)25(18-21)39-29(34)35;1-2/h6-16,18-19,23,28-29H,17H2,1-5H3;1-2H3/q+1;. The summed E-state index contributed by atoms with van der Waals surface area (Å²) in [6, 6.07) is 16.3. The van der Waals surface area contributed by atoms with Crippen LogP contribution in [0.25, 0.3) is 0 Å². The lowest BCUT2D eigenvalue weighted by molar-refractivity contribution is -0.671. The minimum atomic E-state index is -3.20. The SMILES string of the molecule is CC.C[n+]1ccc(CC(c2ccc(SC(C)(C)C(C)(C)c3cccs3)nc2)c2ccc(OC(F)F)c(OC(F)F)c2)cc1. The van der Waals surface area contributed by atoms with Crippen molar-refractivity contribution in [3.8, 4) is 11.5 Å². The molecule has 3 heterocycles. The second kappa shape index (κ2) is 15.1. The van der Waals surface area contributed by atoms with Crippen LogP contribution in [0, 0.1) is 0 Å². The summed E-state index contributed by atoms with van der Waals surface area (Å²) in [5.41, 5.74) is 2.36. The molecule has 0 spiro atoms. The van der Waals surface area contributed by atoms with E-state index in [-0.39, 0.29) is 16.1 Å². The zero-order chi connectivity index (χ0) is 31.8. The van der Waals surface area contributed by atoms with Crippen molar-refractivity contribution in [2.45, 2.75) is 82.3 Å². The highest BCUT2D eigenvalue weighted by molar-refractivity contribution is 8.00. The van der Waals surface area contributed by atoms with Gasteiger partial charge < -0.3 is 9.47 Å². The third-order valence-electron chi connectivity index (χ3n) is 7.45. The van der Waals surface area contributed by atoms with Crippen molar-refractivity contribution in [3.63, 3.8) is 0 Å². The van der Waals surface area contributed by atoms with Crippen LogP contribution in [-0.2, 0) is 18.9 Å². The Labute approximate surface area is 260 Å². The molecule has 1 unspecified atom stereocenters. The van der Waals surface area contributed by atoms with Crippen molar-refractivity contribution in [1.29, 1.82) is 0 Å². The monoisotopic (exact) mass is 635 g/mol. The number of benzene rings is 1. The summed E-state index contributed by atoms with van der Waals surface area (Å²) >= 11 is 3.43. The number of thiophene rings is 1. The van der Waals surface area contributed by atoms with Crippen molar-refractivity contribution in [2.75, 3.05) is 0 Å². The van der Waals surface area contributed by atoms with Gasteiger partial charge in [-0.15, -0.1) is 11.3 Å². The lowest BCUT2D eigenvalue weighted by Crippen LogP contribution is -2.39. The highest BCUT2D eigenvalue weighted by Gasteiger charge is 2.40. The smallest absolute Gasteiger partial charge is 0.387 e. The van der Waals surface area contributed by atoms with Gasteiger partial charge in [0.15, 0.2) is 23.9 Å². The first-order valence-corrected chi connectivity index (χ1v) is 15.7. The summed E-state index contributed by atoms with van der Waals surface area (Å²) in [5, 5.41) is 2.94. The number of aryl methyl sites for hydroxylation is 1. The van der Waals surface area contributed by atoms with Crippen LogP contribution in [0.15, 0.2) is 83.6 Å². The number of rotatable bonds is 12. The summed E-state index contributed by atoms with van der Waals surface area (Å²) in [6.45, 7) is 6.51. The molecule has 4 aromatic rings. The zero-order valence-corrected chi connectivity index (χ0v) is 27.1. The molecule has 0 saturated carbocycles. The molecule has 0 amide bonds. The predicted molar refractivity (Wildman–Crippen MR) is 166 cm³/mol. The van der Waals surface area contributed by atoms with E-state index >= 15 is 0 Å². The second-order valence-electron chi connectivity index (χ2n) is 10.7. The second-order valence-corrected chi connectivity index (χ2v) is 13.3. The largest absolute Gasteiger partial charge is 0.431 e. The predicted octanol–water partition coefficient (Wildman–Crippen LogP) is 9.42. The molecule has 1 aromatic carbocycles. The topological polar surface area (TPSA) is 35.2 Å². The Bertz CT molecular complexity index is 1410. The highest BCUT2D eigenvalue weighted by atomic mass is 32.2. The van der Waals surface area contributed by atoms with Crippen LogP contribution in [0.5, 0.6) is 11.5 Å². The number of halogens is 4. The maximum Gasteiger partial charge on any atom is 0.387 e. The molecule has 0 N–H and O–H groups in total. The maximum atomic E-state index is 13.2. The van der Waals surface area contributed by atoms with Crippen LogP contribution in [0.4, 0.5) is 17.6 Å². The molecule has 10 heteroatoms. The molecule has 0 saturated heterocycles. The molecule has 3 aromatic heterocycles. The van der Waals surface area contributed by atoms with Crippen LogP contribution < -0.4 is 14.0 Å². The Morgan fingerprint density at radius 3 is 2.05 bits per heavy atom. The molecule has 4 nitrogen and oxygen atoms in total. The number of alkyl halides is 4. The fourth-order valence-electron chi connectivity index (χ4n) is 4.43. The van der Waals surface area contributed by atoms with Gasteiger partial charge in [-0.25, -0.2) is 9.55 Å². The molecule has 0 aliphatic carbocycles. The van der Waals surface area contributed by atoms with Crippen molar-refractivity contribution >= 4 is 23.1 Å². The molecular formula is C33H39F4N2O2S2+. The Hall–Kier alpha value is -3.11. The van der Waals surface area contributed by atoms with Crippen LogP contribution in [0.3, 0.4) is 0 Å². The van der Waals surface area contributed by atoms with E-state index < -0.39 is 24.7 Å². The average molecular weight is 636 g/mol. The Morgan fingerprint density at radius 1 is 0.860 bits per heavy atom. The molecular weight excluding hydrogens is 597 g/mol. The van der Waals surface area contributed by atoms with E-state index in [1.807, 2.05) is 62.1 Å². The van der Waals surface area contributed by atoms with Gasteiger partial charge in [0.25, 0.3) is 0 Å². The number of hydrogen-bond acceptors (Lipinski definition) is 5. The Kier molecular flexibility index (Phi) is 12.0. The number of hydrogen-bond donors (Lipinski definition) is 0. The number of thioether (sulfide) groups is 1. The van der Waals surface area contributed by atoms with Gasteiger partial charge in [-0.05, 0) is 66.6 Å². The van der Waals surface area contributed by atoms with Gasteiger partial charge in [-0.3, -0.25) is 0 Å². The first-order valence-electron chi connectivity index (χ1n) is 14.0. The van der Waals surface area contributed by atoms with Gasteiger partial charge >= 0.3 is 13.2 Å². The number of aromatic nitrogens is 2. The maximum absolute atomic E-state index is 13.2. The minimum absolute atomic E-state index is 0.110. The van der Waals surface area contributed by atoms with Crippen molar-refractivity contribution in [1.82, 2.24) is 4.98 Å². The zero-order valence-electron chi connectivity index (χ0n) is 25.5. The number of pyridine rings is 2. The normalized spacial score (nSPS) is 12.6. The summed E-state index contributed by atoms with van der Waals surface area (Å²) in [7, 11) is 1.92. The van der Waals surface area contributed by atoms with Crippen LogP contribution >= 0.6 is 23.1 Å². The van der Waals surface area contributed by atoms with E-state index in [0.717, 1.165) is 16.2 Å². The molecule has 43 heavy (non-hydrogen) atoms. The fraction of sp³-hybridized carbons (Fsp3) is 0.394. The summed E-state index contributed by atoms with van der Waals surface area (Å²) in [6.07, 6.45) is 6.16. The van der Waals surface area contributed by atoms with Gasteiger partial charge in [-0.1, -0.05) is 57.7 Å². The Morgan fingerprint density at radius 2 is 1.49 bits per heavy atom. The van der Waals surface area contributed by atoms with Crippen LogP contribution in [0.1, 0.15) is 69.0 Å². The molecule has 0 bridgehead atoms. The van der Waals surface area contributed by atoms with Gasteiger partial charge in [0.2, 0.25) is 0 Å². The first-order chi connectivity index (χ1) is 20.4. The fourth-order valence-corrected chi connectivity index (χ4v) is 6.64. The van der Waals surface area contributed by atoms with Gasteiger partial charge in [0.1, 0.15) is 7.05 Å². The van der Waals surface area contributed by atoms with Crippen molar-refractivity contribution in [2.24, 2.45) is 7.05 Å². The summed E-state index contributed by atoms with van der Waals surface area (Å²) in [4.78, 5) is 6.07. The molecule has 0 aliphatic rings. The third-order valence-corrected chi connectivity index (χ3v) is 10.1. The van der Waals surface area contributed by atoms with Gasteiger partial charge in [-0.2, -0.15) is 17.6 Å².